The van der Waals surface area contributed by atoms with Gasteiger partial charge in [0.05, 0.1) is 17.6 Å². The highest BCUT2D eigenvalue weighted by Crippen LogP contribution is 2.36. The van der Waals surface area contributed by atoms with Gasteiger partial charge in [-0.1, -0.05) is 12.8 Å². The maximum atomic E-state index is 11.9. The molecular weight excluding hydrogens is 252 g/mol. The Morgan fingerprint density at radius 1 is 1.44 bits per heavy atom. The molecule has 0 atom stereocenters. The third-order valence-electron chi connectivity index (χ3n) is 3.17. The summed E-state index contributed by atoms with van der Waals surface area (Å²) in [7, 11) is 0. The van der Waals surface area contributed by atoms with Crippen LogP contribution in [0.1, 0.15) is 53.4 Å². The predicted octanol–water partition coefficient (Wildman–Crippen LogP) is 2.01. The zero-order chi connectivity index (χ0) is 13.0. The standard InChI is InChI=1S/C12H16N2O3S/c15-9(16)5-6-13-12(17)11-10(14-7-18-11)8-3-1-2-4-8/h7-8H,1-6H2,(H,13,17)(H,15,16). The van der Waals surface area contributed by atoms with Crippen molar-refractivity contribution in [2.75, 3.05) is 6.54 Å². The van der Waals surface area contributed by atoms with Crippen molar-refractivity contribution in [1.29, 1.82) is 0 Å². The van der Waals surface area contributed by atoms with Gasteiger partial charge in [-0.15, -0.1) is 11.3 Å². The Hall–Kier alpha value is -1.43. The summed E-state index contributed by atoms with van der Waals surface area (Å²) in [5.74, 6) is -0.701. The van der Waals surface area contributed by atoms with E-state index in [1.165, 1.54) is 24.2 Å². The van der Waals surface area contributed by atoms with Crippen LogP contribution in [0.4, 0.5) is 0 Å². The molecule has 0 bridgehead atoms. The number of carbonyl (C=O) groups excluding carboxylic acids is 1. The largest absolute Gasteiger partial charge is 0.481 e. The normalized spacial score (nSPS) is 15.8. The molecule has 6 heteroatoms. The van der Waals surface area contributed by atoms with Gasteiger partial charge in [0.15, 0.2) is 0 Å². The molecule has 5 nitrogen and oxygen atoms in total. The Morgan fingerprint density at radius 3 is 2.83 bits per heavy atom. The number of hydrogen-bond acceptors (Lipinski definition) is 4. The summed E-state index contributed by atoms with van der Waals surface area (Å²) in [6, 6.07) is 0. The summed E-state index contributed by atoms with van der Waals surface area (Å²) in [4.78, 5) is 27.3. The van der Waals surface area contributed by atoms with Gasteiger partial charge in [0, 0.05) is 12.5 Å². The summed E-state index contributed by atoms with van der Waals surface area (Å²) in [5.41, 5.74) is 2.59. The smallest absolute Gasteiger partial charge is 0.305 e. The molecule has 1 amide bonds. The van der Waals surface area contributed by atoms with Crippen LogP contribution in [0.25, 0.3) is 0 Å². The number of nitrogens with zero attached hydrogens (tertiary/aromatic N) is 1. The molecule has 1 heterocycles. The van der Waals surface area contributed by atoms with E-state index in [1.807, 2.05) is 0 Å². The first-order valence-corrected chi connectivity index (χ1v) is 7.00. The molecule has 0 aliphatic heterocycles. The van der Waals surface area contributed by atoms with Gasteiger partial charge in [0.25, 0.3) is 5.91 Å². The first-order valence-electron chi connectivity index (χ1n) is 6.12. The lowest BCUT2D eigenvalue weighted by atomic mass is 10.0. The van der Waals surface area contributed by atoms with Crippen molar-refractivity contribution in [2.45, 2.75) is 38.0 Å². The second-order valence-electron chi connectivity index (χ2n) is 4.45. The minimum Gasteiger partial charge on any atom is -0.481 e. The maximum Gasteiger partial charge on any atom is 0.305 e. The predicted molar refractivity (Wildman–Crippen MR) is 67.9 cm³/mol. The SMILES string of the molecule is O=C(O)CCNC(=O)c1scnc1C1CCCC1. The van der Waals surface area contributed by atoms with E-state index in [1.54, 1.807) is 5.51 Å². The van der Waals surface area contributed by atoms with E-state index in [4.69, 9.17) is 5.11 Å². The molecule has 2 rings (SSSR count). The topological polar surface area (TPSA) is 79.3 Å². The minimum atomic E-state index is -0.907. The molecule has 1 aromatic rings. The fourth-order valence-corrected chi connectivity index (χ4v) is 3.07. The molecule has 0 unspecified atom stereocenters. The van der Waals surface area contributed by atoms with Crippen LogP contribution < -0.4 is 5.32 Å². The van der Waals surface area contributed by atoms with Gasteiger partial charge in [-0.3, -0.25) is 9.59 Å². The minimum absolute atomic E-state index is 0.0523. The Morgan fingerprint density at radius 2 is 2.17 bits per heavy atom. The van der Waals surface area contributed by atoms with Crippen molar-refractivity contribution in [1.82, 2.24) is 10.3 Å². The van der Waals surface area contributed by atoms with Gasteiger partial charge in [0.1, 0.15) is 4.88 Å². The monoisotopic (exact) mass is 268 g/mol. The Labute approximate surface area is 109 Å². The molecule has 18 heavy (non-hydrogen) atoms. The van der Waals surface area contributed by atoms with E-state index in [0.717, 1.165) is 18.5 Å². The highest BCUT2D eigenvalue weighted by Gasteiger charge is 2.25. The summed E-state index contributed by atoms with van der Waals surface area (Å²) < 4.78 is 0. The second-order valence-corrected chi connectivity index (χ2v) is 5.30. The summed E-state index contributed by atoms with van der Waals surface area (Å²) in [5, 5.41) is 11.2. The molecule has 1 aromatic heterocycles. The molecule has 0 radical (unpaired) electrons. The van der Waals surface area contributed by atoms with Crippen LogP contribution >= 0.6 is 11.3 Å². The van der Waals surface area contributed by atoms with Crippen molar-refractivity contribution in [2.24, 2.45) is 0 Å². The third kappa shape index (κ3) is 3.07. The van der Waals surface area contributed by atoms with Gasteiger partial charge >= 0.3 is 5.97 Å². The molecule has 98 valence electrons. The lowest BCUT2D eigenvalue weighted by molar-refractivity contribution is -0.136. The zero-order valence-electron chi connectivity index (χ0n) is 10.0. The zero-order valence-corrected chi connectivity index (χ0v) is 10.8. The van der Waals surface area contributed by atoms with E-state index in [-0.39, 0.29) is 18.9 Å². The van der Waals surface area contributed by atoms with E-state index in [2.05, 4.69) is 10.3 Å². The fourth-order valence-electron chi connectivity index (χ4n) is 2.28. The molecule has 1 saturated carbocycles. The van der Waals surface area contributed by atoms with Crippen LogP contribution in [0.2, 0.25) is 0 Å². The number of amides is 1. The third-order valence-corrected chi connectivity index (χ3v) is 4.01. The van der Waals surface area contributed by atoms with Gasteiger partial charge in [-0.05, 0) is 12.8 Å². The maximum absolute atomic E-state index is 11.9. The van der Waals surface area contributed by atoms with Gasteiger partial charge < -0.3 is 10.4 Å². The molecule has 1 aliphatic rings. The average molecular weight is 268 g/mol. The van der Waals surface area contributed by atoms with Crippen molar-refractivity contribution in [3.05, 3.63) is 16.1 Å². The first-order chi connectivity index (χ1) is 8.68. The average Bonchev–Trinajstić information content (AvgIpc) is 2.99. The highest BCUT2D eigenvalue weighted by atomic mass is 32.1. The van der Waals surface area contributed by atoms with Crippen LogP contribution in [-0.4, -0.2) is 28.5 Å². The van der Waals surface area contributed by atoms with Gasteiger partial charge in [-0.25, -0.2) is 4.98 Å². The Balaban J connectivity index is 1.97. The quantitative estimate of drug-likeness (QED) is 0.856. The number of carboxylic acid groups (broad SMARTS) is 1. The Kier molecular flexibility index (Phi) is 4.30. The number of thiazole rings is 1. The van der Waals surface area contributed by atoms with E-state index in [9.17, 15) is 9.59 Å². The second kappa shape index (κ2) is 5.95. The van der Waals surface area contributed by atoms with E-state index >= 15 is 0 Å². The first kappa shape index (κ1) is 13.0. The number of hydrogen-bond donors (Lipinski definition) is 2. The number of rotatable bonds is 5. The van der Waals surface area contributed by atoms with Gasteiger partial charge in [-0.2, -0.15) is 0 Å². The fraction of sp³-hybridized carbons (Fsp3) is 0.583. The summed E-state index contributed by atoms with van der Waals surface area (Å²) in [6.45, 7) is 0.163. The summed E-state index contributed by atoms with van der Waals surface area (Å²) >= 11 is 1.33. The Bertz CT molecular complexity index is 438. The van der Waals surface area contributed by atoms with Crippen molar-refractivity contribution < 1.29 is 14.7 Å². The number of carbonyl (C=O) groups is 2. The van der Waals surface area contributed by atoms with Crippen LogP contribution in [0.5, 0.6) is 0 Å². The van der Waals surface area contributed by atoms with E-state index in [0.29, 0.717) is 10.8 Å². The molecule has 0 saturated heterocycles. The number of aliphatic carboxylic acids is 1. The molecule has 0 spiro atoms. The van der Waals surface area contributed by atoms with Crippen LogP contribution in [-0.2, 0) is 4.79 Å². The van der Waals surface area contributed by atoms with Crippen molar-refractivity contribution in [3.63, 3.8) is 0 Å². The molecule has 0 aromatic carbocycles. The molecule has 2 N–H and O–H groups in total. The van der Waals surface area contributed by atoms with Crippen LogP contribution in [0.3, 0.4) is 0 Å². The van der Waals surface area contributed by atoms with Gasteiger partial charge in [0.2, 0.25) is 0 Å². The lowest BCUT2D eigenvalue weighted by Gasteiger charge is -2.08. The van der Waals surface area contributed by atoms with E-state index < -0.39 is 5.97 Å². The number of aromatic nitrogens is 1. The molecule has 1 fully saturated rings. The van der Waals surface area contributed by atoms with Crippen LogP contribution in [0.15, 0.2) is 5.51 Å². The lowest BCUT2D eigenvalue weighted by Crippen LogP contribution is -2.26. The highest BCUT2D eigenvalue weighted by molar-refractivity contribution is 7.11. The molecule has 1 aliphatic carbocycles. The van der Waals surface area contributed by atoms with Crippen molar-refractivity contribution >= 4 is 23.2 Å². The molecular formula is C12H16N2O3S. The van der Waals surface area contributed by atoms with Crippen LogP contribution in [0, 0.1) is 0 Å². The number of nitrogens with one attached hydrogen (secondary N) is 1. The summed E-state index contributed by atoms with van der Waals surface area (Å²) in [6.07, 6.45) is 4.53. The van der Waals surface area contributed by atoms with Crippen molar-refractivity contribution in [3.8, 4) is 0 Å². The number of carboxylic acids is 1.